The average molecular weight is 369 g/mol. The third-order valence-corrected chi connectivity index (χ3v) is 4.69. The molecule has 0 saturated carbocycles. The predicted molar refractivity (Wildman–Crippen MR) is 85.7 cm³/mol. The number of aromatic nitrogens is 1. The number of nitrogens with zero attached hydrogens (tertiary/aromatic N) is 1. The Kier molecular flexibility index (Phi) is 3.87. The summed E-state index contributed by atoms with van der Waals surface area (Å²) in [6.45, 7) is 0. The third kappa shape index (κ3) is 2.64. The number of benzene rings is 2. The zero-order chi connectivity index (χ0) is 14.1. The highest BCUT2D eigenvalue weighted by atomic mass is 79.9. The van der Waals surface area contributed by atoms with Gasteiger partial charge in [-0.25, -0.2) is 9.37 Å². The second-order valence-corrected chi connectivity index (χ2v) is 6.27. The van der Waals surface area contributed by atoms with Gasteiger partial charge < -0.3 is 0 Å². The maximum absolute atomic E-state index is 13.2. The van der Waals surface area contributed by atoms with Gasteiger partial charge in [-0.1, -0.05) is 45.7 Å². The summed E-state index contributed by atoms with van der Waals surface area (Å²) < 4.78 is 14.2. The average Bonchev–Trinajstić information content (AvgIpc) is 2.92. The second-order valence-electron chi connectivity index (χ2n) is 4.15. The molecule has 0 N–H and O–H groups in total. The van der Waals surface area contributed by atoms with E-state index in [1.54, 1.807) is 12.1 Å². The Morgan fingerprint density at radius 2 is 1.95 bits per heavy atom. The monoisotopic (exact) mass is 367 g/mol. The SMILES string of the molecule is Fc1ccc(-c2nc(-c3ccccc3Br)cs2)cc1Cl. The van der Waals surface area contributed by atoms with Gasteiger partial charge in [0, 0.05) is 21.0 Å². The van der Waals surface area contributed by atoms with Crippen LogP contribution in [0.25, 0.3) is 21.8 Å². The van der Waals surface area contributed by atoms with Gasteiger partial charge in [0.25, 0.3) is 0 Å². The van der Waals surface area contributed by atoms with Crippen LogP contribution < -0.4 is 0 Å². The Balaban J connectivity index is 2.02. The van der Waals surface area contributed by atoms with Crippen molar-refractivity contribution in [2.24, 2.45) is 0 Å². The van der Waals surface area contributed by atoms with Crippen molar-refractivity contribution in [1.29, 1.82) is 0 Å². The van der Waals surface area contributed by atoms with Crippen LogP contribution in [-0.2, 0) is 0 Å². The normalized spacial score (nSPS) is 10.8. The van der Waals surface area contributed by atoms with E-state index in [1.807, 2.05) is 29.6 Å². The molecule has 1 aromatic heterocycles. The lowest BCUT2D eigenvalue weighted by Gasteiger charge is -2.00. The molecule has 0 atom stereocenters. The fourth-order valence-electron chi connectivity index (χ4n) is 1.83. The van der Waals surface area contributed by atoms with Crippen LogP contribution in [0.3, 0.4) is 0 Å². The summed E-state index contributed by atoms with van der Waals surface area (Å²) in [5.41, 5.74) is 2.74. The molecule has 0 bridgehead atoms. The van der Waals surface area contributed by atoms with Crippen molar-refractivity contribution < 1.29 is 4.39 Å². The fraction of sp³-hybridized carbons (Fsp3) is 0. The maximum atomic E-state index is 13.2. The molecular weight excluding hydrogens is 361 g/mol. The number of rotatable bonds is 2. The fourth-order valence-corrected chi connectivity index (χ4v) is 3.31. The molecular formula is C15H8BrClFNS. The molecule has 0 spiro atoms. The van der Waals surface area contributed by atoms with Crippen LogP contribution in [0.4, 0.5) is 4.39 Å². The van der Waals surface area contributed by atoms with Crippen molar-refractivity contribution in [2.75, 3.05) is 0 Å². The minimum absolute atomic E-state index is 0.111. The zero-order valence-electron chi connectivity index (χ0n) is 10.1. The first-order valence-corrected chi connectivity index (χ1v) is 7.86. The summed E-state index contributed by atoms with van der Waals surface area (Å²) in [5, 5.41) is 2.91. The van der Waals surface area contributed by atoms with E-state index in [-0.39, 0.29) is 5.02 Å². The molecule has 3 aromatic rings. The maximum Gasteiger partial charge on any atom is 0.141 e. The largest absolute Gasteiger partial charge is 0.236 e. The van der Waals surface area contributed by atoms with Gasteiger partial charge in [0.1, 0.15) is 10.8 Å². The van der Waals surface area contributed by atoms with E-state index in [1.165, 1.54) is 17.4 Å². The molecule has 3 rings (SSSR count). The lowest BCUT2D eigenvalue weighted by Crippen LogP contribution is -1.82. The molecule has 1 nitrogen and oxygen atoms in total. The molecule has 2 aromatic carbocycles. The van der Waals surface area contributed by atoms with Gasteiger partial charge in [-0.3, -0.25) is 0 Å². The molecule has 1 heterocycles. The van der Waals surface area contributed by atoms with Gasteiger partial charge >= 0.3 is 0 Å². The lowest BCUT2D eigenvalue weighted by molar-refractivity contribution is 0.628. The van der Waals surface area contributed by atoms with Gasteiger partial charge in [0.05, 0.1) is 10.7 Å². The zero-order valence-corrected chi connectivity index (χ0v) is 13.3. The summed E-state index contributed by atoms with van der Waals surface area (Å²) >= 11 is 10.8. The summed E-state index contributed by atoms with van der Waals surface area (Å²) in [6, 6.07) is 12.5. The first kappa shape index (κ1) is 13.7. The van der Waals surface area contributed by atoms with E-state index in [0.717, 1.165) is 26.3 Å². The molecule has 20 heavy (non-hydrogen) atoms. The van der Waals surface area contributed by atoms with Crippen molar-refractivity contribution in [2.45, 2.75) is 0 Å². The van der Waals surface area contributed by atoms with E-state index < -0.39 is 5.82 Å². The van der Waals surface area contributed by atoms with Gasteiger partial charge in [0.2, 0.25) is 0 Å². The quantitative estimate of drug-likeness (QED) is 0.538. The number of thiazole rings is 1. The minimum atomic E-state index is -0.419. The predicted octanol–water partition coefficient (Wildman–Crippen LogP) is 6.03. The first-order valence-electron chi connectivity index (χ1n) is 5.81. The molecule has 0 aliphatic carbocycles. The number of hydrogen-bond donors (Lipinski definition) is 0. The number of halogens is 3. The Hall–Kier alpha value is -1.23. The molecule has 0 radical (unpaired) electrons. The van der Waals surface area contributed by atoms with E-state index in [4.69, 9.17) is 11.6 Å². The van der Waals surface area contributed by atoms with Crippen LogP contribution in [0, 0.1) is 5.82 Å². The Morgan fingerprint density at radius 1 is 1.15 bits per heavy atom. The lowest BCUT2D eigenvalue weighted by atomic mass is 10.2. The smallest absolute Gasteiger partial charge is 0.141 e. The standard InChI is InChI=1S/C15H8BrClFNS/c16-11-4-2-1-3-10(11)14-8-20-15(19-14)9-5-6-13(18)12(17)7-9/h1-8H. The highest BCUT2D eigenvalue weighted by Gasteiger charge is 2.10. The van der Waals surface area contributed by atoms with E-state index in [2.05, 4.69) is 20.9 Å². The van der Waals surface area contributed by atoms with Crippen LogP contribution in [0.5, 0.6) is 0 Å². The minimum Gasteiger partial charge on any atom is -0.236 e. The summed E-state index contributed by atoms with van der Waals surface area (Å²) in [5.74, 6) is -0.419. The molecule has 5 heteroatoms. The molecule has 0 fully saturated rings. The van der Waals surface area contributed by atoms with Crippen LogP contribution in [-0.4, -0.2) is 4.98 Å². The third-order valence-electron chi connectivity index (χ3n) is 2.82. The van der Waals surface area contributed by atoms with Crippen molar-refractivity contribution in [1.82, 2.24) is 4.98 Å². The van der Waals surface area contributed by atoms with Crippen molar-refractivity contribution in [3.05, 3.63) is 63.2 Å². The van der Waals surface area contributed by atoms with Gasteiger partial charge in [0.15, 0.2) is 0 Å². The van der Waals surface area contributed by atoms with Gasteiger partial charge in [-0.15, -0.1) is 11.3 Å². The molecule has 0 saturated heterocycles. The van der Waals surface area contributed by atoms with Crippen LogP contribution in [0.2, 0.25) is 5.02 Å². The van der Waals surface area contributed by atoms with Crippen molar-refractivity contribution in [3.8, 4) is 21.8 Å². The van der Waals surface area contributed by atoms with Crippen LogP contribution in [0.1, 0.15) is 0 Å². The van der Waals surface area contributed by atoms with E-state index in [0.29, 0.717) is 0 Å². The topological polar surface area (TPSA) is 12.9 Å². The van der Waals surface area contributed by atoms with Crippen molar-refractivity contribution >= 4 is 38.9 Å². The van der Waals surface area contributed by atoms with E-state index in [9.17, 15) is 4.39 Å². The summed E-state index contributed by atoms with van der Waals surface area (Å²) in [6.07, 6.45) is 0. The Bertz CT molecular complexity index is 772. The van der Waals surface area contributed by atoms with Gasteiger partial charge in [-0.2, -0.15) is 0 Å². The van der Waals surface area contributed by atoms with Crippen LogP contribution >= 0.6 is 38.9 Å². The van der Waals surface area contributed by atoms with Crippen LogP contribution in [0.15, 0.2) is 52.3 Å². The summed E-state index contributed by atoms with van der Waals surface area (Å²) in [4.78, 5) is 4.59. The molecule has 0 amide bonds. The van der Waals surface area contributed by atoms with Gasteiger partial charge in [-0.05, 0) is 24.3 Å². The molecule has 0 aliphatic rings. The Labute approximate surface area is 133 Å². The summed E-state index contributed by atoms with van der Waals surface area (Å²) in [7, 11) is 0. The van der Waals surface area contributed by atoms with E-state index >= 15 is 0 Å². The highest BCUT2D eigenvalue weighted by Crippen LogP contribution is 2.33. The molecule has 0 aliphatic heterocycles. The second kappa shape index (κ2) is 5.64. The highest BCUT2D eigenvalue weighted by molar-refractivity contribution is 9.10. The van der Waals surface area contributed by atoms with Crippen molar-refractivity contribution in [3.63, 3.8) is 0 Å². The Morgan fingerprint density at radius 3 is 2.70 bits per heavy atom. The molecule has 0 unspecified atom stereocenters. The molecule has 100 valence electrons. The first-order chi connectivity index (χ1) is 9.65. The number of hydrogen-bond acceptors (Lipinski definition) is 2.